The lowest BCUT2D eigenvalue weighted by Gasteiger charge is -2.31. The number of aromatic amines is 1. The zero-order valence-corrected chi connectivity index (χ0v) is 13.3. The first kappa shape index (κ1) is 15.9. The summed E-state index contributed by atoms with van der Waals surface area (Å²) in [5.41, 5.74) is 0. The average molecular weight is 315 g/mol. The normalized spacial score (nSPS) is 20.0. The Hall–Kier alpha value is -1.48. The van der Waals surface area contributed by atoms with Gasteiger partial charge in [-0.15, -0.1) is 5.10 Å². The Balaban J connectivity index is 2.04. The molecular formula is C12H21N5O3S. The average Bonchev–Trinajstić information content (AvgIpc) is 2.85. The zero-order valence-electron chi connectivity index (χ0n) is 12.5. The van der Waals surface area contributed by atoms with Gasteiger partial charge in [0.25, 0.3) is 5.91 Å². The van der Waals surface area contributed by atoms with Crippen molar-refractivity contribution in [2.45, 2.75) is 38.6 Å². The minimum atomic E-state index is -3.27. The van der Waals surface area contributed by atoms with E-state index in [4.69, 9.17) is 0 Å². The van der Waals surface area contributed by atoms with E-state index in [1.807, 2.05) is 13.8 Å². The standard InChI is InChI=1S/C12H21N5O3S/c1-8(2)10-13-11(15-14-10)12(18)17-6-4-5-9(7-17)16-21(3,19)20/h8-9,16H,4-7H2,1-3H3,(H,13,14,15). The molecule has 1 atom stereocenters. The van der Waals surface area contributed by atoms with Gasteiger partial charge in [-0.25, -0.2) is 18.1 Å². The van der Waals surface area contributed by atoms with Crippen LogP contribution >= 0.6 is 0 Å². The molecule has 0 saturated carbocycles. The van der Waals surface area contributed by atoms with Gasteiger partial charge < -0.3 is 4.90 Å². The van der Waals surface area contributed by atoms with Gasteiger partial charge in [-0.2, -0.15) is 0 Å². The van der Waals surface area contributed by atoms with Gasteiger partial charge in [0.1, 0.15) is 5.82 Å². The molecule has 0 spiro atoms. The fourth-order valence-corrected chi connectivity index (χ4v) is 3.13. The number of carbonyl (C=O) groups is 1. The molecule has 9 heteroatoms. The Morgan fingerprint density at radius 1 is 1.48 bits per heavy atom. The quantitative estimate of drug-likeness (QED) is 0.818. The number of amides is 1. The Labute approximate surface area is 124 Å². The first-order valence-corrected chi connectivity index (χ1v) is 8.84. The second kappa shape index (κ2) is 6.10. The molecule has 0 aliphatic carbocycles. The Bertz CT molecular complexity index is 610. The Morgan fingerprint density at radius 3 is 2.76 bits per heavy atom. The predicted molar refractivity (Wildman–Crippen MR) is 77.4 cm³/mol. The number of likely N-dealkylation sites (tertiary alicyclic amines) is 1. The van der Waals surface area contributed by atoms with Crippen LogP contribution in [-0.2, 0) is 10.0 Å². The SMILES string of the molecule is CC(C)c1nc(C(=O)N2CCCC(NS(C)(=O)=O)C2)n[nH]1. The first-order chi connectivity index (χ1) is 9.76. The minimum absolute atomic E-state index is 0.138. The van der Waals surface area contributed by atoms with Gasteiger partial charge in [-0.05, 0) is 12.8 Å². The van der Waals surface area contributed by atoms with Crippen LogP contribution in [0.15, 0.2) is 0 Å². The molecule has 2 rings (SSSR count). The lowest BCUT2D eigenvalue weighted by Crippen LogP contribution is -2.49. The summed E-state index contributed by atoms with van der Waals surface area (Å²) in [4.78, 5) is 18.1. The van der Waals surface area contributed by atoms with Gasteiger partial charge in [0.05, 0.1) is 6.26 Å². The maximum atomic E-state index is 12.4. The molecule has 1 aliphatic rings. The highest BCUT2D eigenvalue weighted by atomic mass is 32.2. The molecule has 1 fully saturated rings. The molecule has 1 saturated heterocycles. The van der Waals surface area contributed by atoms with Crippen molar-refractivity contribution < 1.29 is 13.2 Å². The van der Waals surface area contributed by atoms with Crippen molar-refractivity contribution >= 4 is 15.9 Å². The van der Waals surface area contributed by atoms with Gasteiger partial charge in [0.2, 0.25) is 15.8 Å². The number of nitrogens with zero attached hydrogens (tertiary/aromatic N) is 3. The molecule has 118 valence electrons. The van der Waals surface area contributed by atoms with Crippen molar-refractivity contribution in [3.63, 3.8) is 0 Å². The van der Waals surface area contributed by atoms with E-state index < -0.39 is 10.0 Å². The number of rotatable bonds is 4. The highest BCUT2D eigenvalue weighted by Gasteiger charge is 2.28. The van der Waals surface area contributed by atoms with Gasteiger partial charge in [-0.3, -0.25) is 9.89 Å². The summed E-state index contributed by atoms with van der Waals surface area (Å²) in [6.45, 7) is 4.85. The van der Waals surface area contributed by atoms with Crippen molar-refractivity contribution in [2.24, 2.45) is 0 Å². The summed E-state index contributed by atoms with van der Waals surface area (Å²) in [6, 6.07) is -0.249. The van der Waals surface area contributed by atoms with Gasteiger partial charge >= 0.3 is 0 Å². The van der Waals surface area contributed by atoms with Crippen LogP contribution in [0, 0.1) is 0 Å². The van der Waals surface area contributed by atoms with Gasteiger partial charge in [0, 0.05) is 25.0 Å². The van der Waals surface area contributed by atoms with Crippen LogP contribution in [0.1, 0.15) is 49.1 Å². The van der Waals surface area contributed by atoms with Crippen molar-refractivity contribution in [3.05, 3.63) is 11.6 Å². The highest BCUT2D eigenvalue weighted by molar-refractivity contribution is 7.88. The third-order valence-corrected chi connectivity index (χ3v) is 4.09. The van der Waals surface area contributed by atoms with Gasteiger partial charge in [-0.1, -0.05) is 13.8 Å². The number of nitrogens with one attached hydrogen (secondary N) is 2. The summed E-state index contributed by atoms with van der Waals surface area (Å²) >= 11 is 0. The van der Waals surface area contributed by atoms with E-state index in [2.05, 4.69) is 19.9 Å². The molecular weight excluding hydrogens is 294 g/mol. The van der Waals surface area contributed by atoms with Crippen LogP contribution in [0.4, 0.5) is 0 Å². The summed E-state index contributed by atoms with van der Waals surface area (Å²) in [7, 11) is -3.27. The van der Waals surface area contributed by atoms with Crippen LogP contribution in [0.2, 0.25) is 0 Å². The van der Waals surface area contributed by atoms with Crippen LogP contribution < -0.4 is 4.72 Å². The fourth-order valence-electron chi connectivity index (χ4n) is 2.33. The number of hydrogen-bond donors (Lipinski definition) is 2. The summed E-state index contributed by atoms with van der Waals surface area (Å²) in [6.07, 6.45) is 2.60. The van der Waals surface area contributed by atoms with E-state index in [0.717, 1.165) is 19.1 Å². The van der Waals surface area contributed by atoms with E-state index in [0.29, 0.717) is 18.9 Å². The molecule has 0 radical (unpaired) electrons. The largest absolute Gasteiger partial charge is 0.334 e. The molecule has 0 bridgehead atoms. The maximum absolute atomic E-state index is 12.4. The fraction of sp³-hybridized carbons (Fsp3) is 0.750. The molecule has 0 aromatic carbocycles. The second-order valence-corrected chi connectivity index (χ2v) is 7.46. The van der Waals surface area contributed by atoms with E-state index >= 15 is 0 Å². The molecule has 8 nitrogen and oxygen atoms in total. The molecule has 2 N–H and O–H groups in total. The third kappa shape index (κ3) is 4.24. The zero-order chi connectivity index (χ0) is 15.6. The smallest absolute Gasteiger partial charge is 0.293 e. The van der Waals surface area contributed by atoms with E-state index in [1.54, 1.807) is 4.90 Å². The number of aromatic nitrogens is 3. The predicted octanol–water partition coefficient (Wildman–Crippen LogP) is 0.0819. The summed E-state index contributed by atoms with van der Waals surface area (Å²) in [5.74, 6) is 0.707. The lowest BCUT2D eigenvalue weighted by atomic mass is 10.1. The molecule has 21 heavy (non-hydrogen) atoms. The van der Waals surface area contributed by atoms with Crippen molar-refractivity contribution in [1.82, 2.24) is 24.8 Å². The van der Waals surface area contributed by atoms with Crippen molar-refractivity contribution in [2.75, 3.05) is 19.3 Å². The number of H-pyrrole nitrogens is 1. The van der Waals surface area contributed by atoms with Gasteiger partial charge in [0.15, 0.2) is 0 Å². The molecule has 1 aromatic heterocycles. The summed E-state index contributed by atoms with van der Waals surface area (Å²) in [5, 5.41) is 6.70. The molecule has 1 aromatic rings. The van der Waals surface area contributed by atoms with Crippen LogP contribution in [0.3, 0.4) is 0 Å². The molecule has 1 aliphatic heterocycles. The second-order valence-electron chi connectivity index (χ2n) is 5.68. The Morgan fingerprint density at radius 2 is 2.19 bits per heavy atom. The number of sulfonamides is 1. The maximum Gasteiger partial charge on any atom is 0.293 e. The topological polar surface area (TPSA) is 108 Å². The monoisotopic (exact) mass is 315 g/mol. The molecule has 1 unspecified atom stereocenters. The van der Waals surface area contributed by atoms with Crippen molar-refractivity contribution in [3.8, 4) is 0 Å². The Kier molecular flexibility index (Phi) is 4.62. The van der Waals surface area contributed by atoms with Crippen LogP contribution in [0.5, 0.6) is 0 Å². The van der Waals surface area contributed by atoms with Crippen LogP contribution in [0.25, 0.3) is 0 Å². The van der Waals surface area contributed by atoms with Crippen LogP contribution in [-0.4, -0.2) is 59.8 Å². The van der Waals surface area contributed by atoms with Crippen molar-refractivity contribution in [1.29, 1.82) is 0 Å². The highest BCUT2D eigenvalue weighted by Crippen LogP contribution is 2.14. The molecule has 1 amide bonds. The minimum Gasteiger partial charge on any atom is -0.334 e. The number of hydrogen-bond acceptors (Lipinski definition) is 5. The van der Waals surface area contributed by atoms with E-state index in [-0.39, 0.29) is 23.7 Å². The number of carbonyl (C=O) groups excluding carboxylic acids is 1. The van der Waals surface area contributed by atoms with E-state index in [1.165, 1.54) is 0 Å². The third-order valence-electron chi connectivity index (χ3n) is 3.33. The van der Waals surface area contributed by atoms with E-state index in [9.17, 15) is 13.2 Å². The lowest BCUT2D eigenvalue weighted by molar-refractivity contribution is 0.0691. The molecule has 2 heterocycles. The first-order valence-electron chi connectivity index (χ1n) is 6.95. The number of piperidine rings is 1. The summed E-state index contributed by atoms with van der Waals surface area (Å²) < 4.78 is 25.1.